The molecule has 4 N–H and O–H groups in total. The molecule has 2 aromatic heterocycles. The number of aromatic nitrogens is 2. The van der Waals surface area contributed by atoms with Crippen LogP contribution in [0.3, 0.4) is 0 Å². The predicted molar refractivity (Wildman–Crippen MR) is 97.9 cm³/mol. The van der Waals surface area contributed by atoms with Crippen LogP contribution in [-0.4, -0.2) is 22.0 Å². The summed E-state index contributed by atoms with van der Waals surface area (Å²) < 4.78 is 0. The first-order valence-corrected chi connectivity index (χ1v) is 8.46. The molecule has 0 unspecified atom stereocenters. The van der Waals surface area contributed by atoms with Gasteiger partial charge in [-0.05, 0) is 49.9 Å². The quantitative estimate of drug-likeness (QED) is 0.354. The zero-order valence-electron chi connectivity index (χ0n) is 14.0. The number of nitrogens with two attached hydrogens (primary N) is 1. The third-order valence-electron chi connectivity index (χ3n) is 3.92. The lowest BCUT2D eigenvalue weighted by molar-refractivity contribution is 0.607. The number of pyridine rings is 2. The number of nitrogens with zero attached hydrogens (tertiary/aromatic N) is 2. The Morgan fingerprint density at radius 2 is 1.46 bits per heavy atom. The maximum absolute atomic E-state index is 7.42. The van der Waals surface area contributed by atoms with Crippen LogP contribution in [0.15, 0.2) is 36.4 Å². The largest absolute Gasteiger partial charge is 0.382 e. The van der Waals surface area contributed by atoms with Crippen LogP contribution in [0.1, 0.15) is 54.9 Å². The van der Waals surface area contributed by atoms with E-state index in [4.69, 9.17) is 16.6 Å². The molecule has 0 saturated carbocycles. The highest BCUT2D eigenvalue weighted by atomic mass is 14.8. The average molecular weight is 323 g/mol. The molecule has 0 aliphatic heterocycles. The summed E-state index contributed by atoms with van der Waals surface area (Å²) in [5.41, 5.74) is 8.83. The minimum atomic E-state index is 0.0255. The second-order valence-corrected chi connectivity index (χ2v) is 5.89. The molecule has 0 spiro atoms. The van der Waals surface area contributed by atoms with Crippen molar-refractivity contribution in [3.05, 3.63) is 59.2 Å². The van der Waals surface area contributed by atoms with Crippen molar-refractivity contribution in [1.29, 1.82) is 10.8 Å². The molecule has 0 fully saturated rings. The lowest BCUT2D eigenvalue weighted by atomic mass is 10.1. The lowest BCUT2D eigenvalue weighted by Gasteiger charge is -2.04. The van der Waals surface area contributed by atoms with Gasteiger partial charge >= 0.3 is 0 Å². The van der Waals surface area contributed by atoms with E-state index in [2.05, 4.69) is 9.97 Å². The van der Waals surface area contributed by atoms with Crippen molar-refractivity contribution in [2.24, 2.45) is 5.73 Å². The number of amidine groups is 1. The Hall–Kier alpha value is -2.56. The van der Waals surface area contributed by atoms with Crippen LogP contribution < -0.4 is 5.73 Å². The Kier molecular flexibility index (Phi) is 7.08. The fraction of sp³-hybridized carbons (Fsp3) is 0.368. The third-order valence-corrected chi connectivity index (χ3v) is 3.92. The molecule has 2 aromatic rings. The molecular formula is C19H25N5. The van der Waals surface area contributed by atoms with Gasteiger partial charge in [0.1, 0.15) is 11.5 Å². The minimum absolute atomic E-state index is 0.0255. The topological polar surface area (TPSA) is 99.5 Å². The normalized spacial score (nSPS) is 10.5. The van der Waals surface area contributed by atoms with E-state index in [1.807, 2.05) is 30.3 Å². The number of aryl methyl sites for hydroxylation is 2. The highest BCUT2D eigenvalue weighted by Crippen LogP contribution is 2.10. The second-order valence-electron chi connectivity index (χ2n) is 5.89. The van der Waals surface area contributed by atoms with Crippen molar-refractivity contribution in [1.82, 2.24) is 9.97 Å². The van der Waals surface area contributed by atoms with E-state index in [9.17, 15) is 0 Å². The van der Waals surface area contributed by atoms with E-state index in [1.54, 1.807) is 6.07 Å². The van der Waals surface area contributed by atoms with E-state index >= 15 is 0 Å². The van der Waals surface area contributed by atoms with Crippen molar-refractivity contribution in [3.63, 3.8) is 0 Å². The van der Waals surface area contributed by atoms with Gasteiger partial charge in [-0.1, -0.05) is 31.4 Å². The summed E-state index contributed by atoms with van der Waals surface area (Å²) in [6, 6.07) is 11.5. The molecule has 0 aromatic carbocycles. The predicted octanol–water partition coefficient (Wildman–Crippen LogP) is 3.49. The monoisotopic (exact) mass is 323 g/mol. The van der Waals surface area contributed by atoms with Crippen LogP contribution in [0.2, 0.25) is 0 Å². The first-order valence-electron chi connectivity index (χ1n) is 8.46. The highest BCUT2D eigenvalue weighted by molar-refractivity contribution is 5.92. The molecule has 24 heavy (non-hydrogen) atoms. The van der Waals surface area contributed by atoms with Gasteiger partial charge in [-0.2, -0.15) is 0 Å². The maximum Gasteiger partial charge on any atom is 0.141 e. The Bertz CT molecular complexity index is 681. The third kappa shape index (κ3) is 5.91. The number of hydrogen-bond acceptors (Lipinski definition) is 4. The summed E-state index contributed by atoms with van der Waals surface area (Å²) >= 11 is 0. The van der Waals surface area contributed by atoms with Crippen LogP contribution in [0.4, 0.5) is 0 Å². The van der Waals surface area contributed by atoms with Gasteiger partial charge in [-0.25, -0.2) is 4.98 Å². The van der Waals surface area contributed by atoms with Crippen LogP contribution in [-0.2, 0) is 12.8 Å². The summed E-state index contributed by atoms with van der Waals surface area (Å²) in [6.07, 6.45) is 9.02. The van der Waals surface area contributed by atoms with Gasteiger partial charge in [-0.3, -0.25) is 10.4 Å². The number of rotatable bonds is 10. The molecule has 0 aliphatic carbocycles. The van der Waals surface area contributed by atoms with Crippen molar-refractivity contribution in [2.75, 3.05) is 0 Å². The Balaban J connectivity index is 1.60. The van der Waals surface area contributed by atoms with Crippen molar-refractivity contribution >= 4 is 12.1 Å². The number of nitrogen functional groups attached to an aromatic ring is 1. The van der Waals surface area contributed by atoms with Crippen molar-refractivity contribution < 1.29 is 0 Å². The van der Waals surface area contributed by atoms with Crippen LogP contribution >= 0.6 is 0 Å². The average Bonchev–Trinajstić information content (AvgIpc) is 2.61. The Labute approximate surface area is 143 Å². The van der Waals surface area contributed by atoms with E-state index < -0.39 is 0 Å². The molecule has 126 valence electrons. The van der Waals surface area contributed by atoms with E-state index in [-0.39, 0.29) is 5.84 Å². The number of unbranched alkanes of at least 4 members (excludes halogenated alkanes) is 4. The Morgan fingerprint density at radius 1 is 0.875 bits per heavy atom. The van der Waals surface area contributed by atoms with Crippen molar-refractivity contribution in [3.8, 4) is 0 Å². The molecule has 0 bridgehead atoms. The van der Waals surface area contributed by atoms with E-state index in [1.165, 1.54) is 25.5 Å². The molecule has 2 rings (SSSR count). The maximum atomic E-state index is 7.42. The molecule has 0 amide bonds. The van der Waals surface area contributed by atoms with Gasteiger partial charge in [-0.15, -0.1) is 0 Å². The van der Waals surface area contributed by atoms with Gasteiger partial charge in [0, 0.05) is 17.6 Å². The lowest BCUT2D eigenvalue weighted by Crippen LogP contribution is -2.13. The van der Waals surface area contributed by atoms with Crippen LogP contribution in [0.25, 0.3) is 0 Å². The van der Waals surface area contributed by atoms with Crippen LogP contribution in [0, 0.1) is 10.8 Å². The van der Waals surface area contributed by atoms with E-state index in [0.29, 0.717) is 5.69 Å². The van der Waals surface area contributed by atoms with E-state index in [0.717, 1.165) is 42.8 Å². The molecule has 0 saturated heterocycles. The minimum Gasteiger partial charge on any atom is -0.382 e. The summed E-state index contributed by atoms with van der Waals surface area (Å²) in [5, 5.41) is 14.6. The van der Waals surface area contributed by atoms with Gasteiger partial charge in [0.25, 0.3) is 0 Å². The molecule has 5 heteroatoms. The van der Waals surface area contributed by atoms with Gasteiger partial charge < -0.3 is 11.1 Å². The number of nitrogens with one attached hydrogen (secondary N) is 2. The second kappa shape index (κ2) is 9.55. The molecule has 2 heterocycles. The van der Waals surface area contributed by atoms with Crippen molar-refractivity contribution in [2.45, 2.75) is 44.9 Å². The first kappa shape index (κ1) is 17.8. The molecule has 5 nitrogen and oxygen atoms in total. The summed E-state index contributed by atoms with van der Waals surface area (Å²) in [4.78, 5) is 8.79. The Morgan fingerprint density at radius 3 is 2.08 bits per heavy atom. The summed E-state index contributed by atoms with van der Waals surface area (Å²) in [5.74, 6) is 0.0255. The molecule has 0 aliphatic rings. The van der Waals surface area contributed by atoms with Gasteiger partial charge in [0.05, 0.1) is 5.69 Å². The van der Waals surface area contributed by atoms with Gasteiger partial charge in [0.15, 0.2) is 0 Å². The van der Waals surface area contributed by atoms with Crippen LogP contribution in [0.5, 0.6) is 0 Å². The fourth-order valence-corrected chi connectivity index (χ4v) is 2.63. The smallest absolute Gasteiger partial charge is 0.141 e. The first-order chi connectivity index (χ1) is 11.7. The molecule has 0 atom stereocenters. The zero-order valence-corrected chi connectivity index (χ0v) is 14.0. The molecular weight excluding hydrogens is 298 g/mol. The highest BCUT2D eigenvalue weighted by Gasteiger charge is 2.01. The fourth-order valence-electron chi connectivity index (χ4n) is 2.63. The summed E-state index contributed by atoms with van der Waals surface area (Å²) in [6.45, 7) is 0. The number of hydrogen-bond donors (Lipinski definition) is 3. The summed E-state index contributed by atoms with van der Waals surface area (Å²) in [7, 11) is 0. The standard InChI is InChI=1S/C19H25N5/c20-14-17-12-6-10-15(23-17)8-4-2-1-3-5-9-16-11-7-13-18(24-16)19(21)22/h6-7,10-14,20H,1-5,8-9H2,(H3,21,22). The van der Waals surface area contributed by atoms with Gasteiger partial charge in [0.2, 0.25) is 0 Å². The zero-order chi connectivity index (χ0) is 17.2. The molecule has 0 radical (unpaired) electrons. The SMILES string of the molecule is N=Cc1cccc(CCCCCCCc2cccc(C(=N)N)n2)n1.